The Hall–Kier alpha value is -1.27. The largest absolute Gasteiger partial charge is 0.478 e. The van der Waals surface area contributed by atoms with E-state index in [1.807, 2.05) is 18.2 Å². The average molecular weight is 388 g/mol. The molecule has 0 heterocycles. The van der Waals surface area contributed by atoms with Gasteiger partial charge in [0.25, 0.3) is 0 Å². The second-order valence-electron chi connectivity index (χ2n) is 3.98. The topological polar surface area (TPSA) is 49.3 Å². The quantitative estimate of drug-likeness (QED) is 0.771. The fraction of sp³-hybridized carbons (Fsp3) is 0.0714. The Balaban J connectivity index is 2.04. The third-order valence-corrected chi connectivity index (χ3v) is 3.74. The van der Waals surface area contributed by atoms with Gasteiger partial charge in [-0.25, -0.2) is 4.79 Å². The van der Waals surface area contributed by atoms with Crippen LogP contribution in [-0.2, 0) is 6.54 Å². The van der Waals surface area contributed by atoms with E-state index in [1.54, 1.807) is 24.3 Å². The van der Waals surface area contributed by atoms with Crippen LogP contribution in [0.1, 0.15) is 15.9 Å². The highest BCUT2D eigenvalue weighted by molar-refractivity contribution is 14.1. The molecule has 0 aliphatic rings. The second kappa shape index (κ2) is 6.25. The number of aromatic carboxylic acids is 1. The number of carboxylic acids is 1. The molecule has 0 fully saturated rings. The number of hydrogen-bond donors (Lipinski definition) is 2. The molecular weight excluding hydrogens is 377 g/mol. The van der Waals surface area contributed by atoms with Gasteiger partial charge in [0.2, 0.25) is 0 Å². The molecule has 0 bridgehead atoms. The van der Waals surface area contributed by atoms with E-state index in [0.717, 1.165) is 14.8 Å². The number of anilines is 1. The molecule has 5 heteroatoms. The first kappa shape index (κ1) is 14.1. The third kappa shape index (κ3) is 3.84. The molecule has 0 unspecified atom stereocenters. The molecule has 0 aliphatic heterocycles. The summed E-state index contributed by atoms with van der Waals surface area (Å²) in [7, 11) is 0. The number of carboxylic acid groups (broad SMARTS) is 1. The lowest BCUT2D eigenvalue weighted by Crippen LogP contribution is -2.02. The molecule has 19 heavy (non-hydrogen) atoms. The van der Waals surface area contributed by atoms with E-state index in [0.29, 0.717) is 17.1 Å². The number of carbonyl (C=O) groups is 1. The van der Waals surface area contributed by atoms with Gasteiger partial charge in [-0.15, -0.1) is 0 Å². The Bertz CT molecular complexity index is 599. The Kier molecular flexibility index (Phi) is 4.66. The highest BCUT2D eigenvalue weighted by Crippen LogP contribution is 2.22. The van der Waals surface area contributed by atoms with Crippen molar-refractivity contribution >= 4 is 45.8 Å². The van der Waals surface area contributed by atoms with Crippen LogP contribution in [0.2, 0.25) is 5.02 Å². The van der Waals surface area contributed by atoms with Crippen molar-refractivity contribution in [3.8, 4) is 0 Å². The first-order chi connectivity index (χ1) is 9.06. The summed E-state index contributed by atoms with van der Waals surface area (Å²) in [5.41, 5.74) is 2.33. The lowest BCUT2D eigenvalue weighted by Gasteiger charge is -2.09. The summed E-state index contributed by atoms with van der Waals surface area (Å²) < 4.78 is 1.05. The third-order valence-electron chi connectivity index (χ3n) is 2.61. The SMILES string of the molecule is O=C(O)c1ccc(CNc2ccc(Cl)cc2I)cc1. The van der Waals surface area contributed by atoms with Crippen molar-refractivity contribution in [3.63, 3.8) is 0 Å². The van der Waals surface area contributed by atoms with Crippen molar-refractivity contribution in [2.24, 2.45) is 0 Å². The zero-order valence-corrected chi connectivity index (χ0v) is 12.8. The van der Waals surface area contributed by atoms with Gasteiger partial charge in [-0.2, -0.15) is 0 Å². The maximum absolute atomic E-state index is 10.7. The molecule has 0 spiro atoms. The number of hydrogen-bond acceptors (Lipinski definition) is 2. The number of benzene rings is 2. The van der Waals surface area contributed by atoms with Crippen LogP contribution in [0.25, 0.3) is 0 Å². The molecule has 0 saturated heterocycles. The highest BCUT2D eigenvalue weighted by Gasteiger charge is 2.03. The minimum Gasteiger partial charge on any atom is -0.478 e. The molecule has 0 aromatic heterocycles. The predicted molar refractivity (Wildman–Crippen MR) is 84.9 cm³/mol. The molecule has 2 aromatic rings. The summed E-state index contributed by atoms with van der Waals surface area (Å²) in [6.45, 7) is 0.636. The molecule has 2 N–H and O–H groups in total. The highest BCUT2D eigenvalue weighted by atomic mass is 127. The second-order valence-corrected chi connectivity index (χ2v) is 5.58. The maximum Gasteiger partial charge on any atom is 0.335 e. The van der Waals surface area contributed by atoms with Crippen LogP contribution in [-0.4, -0.2) is 11.1 Å². The monoisotopic (exact) mass is 387 g/mol. The lowest BCUT2D eigenvalue weighted by atomic mass is 10.1. The number of rotatable bonds is 4. The van der Waals surface area contributed by atoms with E-state index in [1.165, 1.54) is 0 Å². The van der Waals surface area contributed by atoms with Gasteiger partial charge in [0.05, 0.1) is 5.56 Å². The maximum atomic E-state index is 10.7. The molecule has 98 valence electrons. The van der Waals surface area contributed by atoms with Crippen LogP contribution >= 0.6 is 34.2 Å². The summed E-state index contributed by atoms with van der Waals surface area (Å²) >= 11 is 8.11. The smallest absolute Gasteiger partial charge is 0.335 e. The number of nitrogens with one attached hydrogen (secondary N) is 1. The fourth-order valence-corrected chi connectivity index (χ4v) is 2.66. The molecular formula is C14H11ClINO2. The molecule has 2 rings (SSSR count). The van der Waals surface area contributed by atoms with E-state index in [9.17, 15) is 4.79 Å². The van der Waals surface area contributed by atoms with Crippen molar-refractivity contribution in [2.75, 3.05) is 5.32 Å². The van der Waals surface area contributed by atoms with Crippen LogP contribution in [0.3, 0.4) is 0 Å². The summed E-state index contributed by atoms with van der Waals surface area (Å²) in [4.78, 5) is 10.7. The lowest BCUT2D eigenvalue weighted by molar-refractivity contribution is 0.0697. The molecule has 0 aliphatic carbocycles. The molecule has 2 aromatic carbocycles. The van der Waals surface area contributed by atoms with Crippen LogP contribution < -0.4 is 5.32 Å². The van der Waals surface area contributed by atoms with Crippen LogP contribution in [0.5, 0.6) is 0 Å². The van der Waals surface area contributed by atoms with Crippen LogP contribution in [0.15, 0.2) is 42.5 Å². The van der Waals surface area contributed by atoms with Crippen molar-refractivity contribution in [3.05, 3.63) is 62.2 Å². The van der Waals surface area contributed by atoms with Gasteiger partial charge in [0, 0.05) is 20.8 Å². The van der Waals surface area contributed by atoms with Crippen molar-refractivity contribution in [2.45, 2.75) is 6.54 Å². The molecule has 0 amide bonds. The zero-order chi connectivity index (χ0) is 13.8. The zero-order valence-electron chi connectivity index (χ0n) is 9.86. The predicted octanol–water partition coefficient (Wildman–Crippen LogP) is 4.25. The normalized spacial score (nSPS) is 10.2. The fourth-order valence-electron chi connectivity index (χ4n) is 1.60. The Morgan fingerprint density at radius 1 is 1.21 bits per heavy atom. The standard InChI is InChI=1S/C14H11ClINO2/c15-11-5-6-13(12(16)7-11)17-8-9-1-3-10(4-2-9)14(18)19/h1-7,17H,8H2,(H,18,19). The molecule has 0 saturated carbocycles. The minimum absolute atomic E-state index is 0.296. The number of halogens is 2. The summed E-state index contributed by atoms with van der Waals surface area (Å²) in [6.07, 6.45) is 0. The first-order valence-electron chi connectivity index (χ1n) is 5.57. The van der Waals surface area contributed by atoms with Crippen LogP contribution in [0, 0.1) is 3.57 Å². The Morgan fingerprint density at radius 3 is 2.47 bits per heavy atom. The van der Waals surface area contributed by atoms with Gasteiger partial charge >= 0.3 is 5.97 Å². The van der Waals surface area contributed by atoms with Crippen molar-refractivity contribution in [1.82, 2.24) is 0 Å². The van der Waals surface area contributed by atoms with Crippen molar-refractivity contribution < 1.29 is 9.90 Å². The van der Waals surface area contributed by atoms with Gasteiger partial charge in [-0.05, 0) is 58.5 Å². The van der Waals surface area contributed by atoms with Gasteiger partial charge < -0.3 is 10.4 Å². The molecule has 3 nitrogen and oxygen atoms in total. The minimum atomic E-state index is -0.910. The van der Waals surface area contributed by atoms with E-state index in [2.05, 4.69) is 27.9 Å². The van der Waals surface area contributed by atoms with Crippen molar-refractivity contribution in [1.29, 1.82) is 0 Å². The molecule has 0 atom stereocenters. The Labute approximate surface area is 129 Å². The summed E-state index contributed by atoms with van der Waals surface area (Å²) in [6, 6.07) is 12.5. The van der Waals surface area contributed by atoms with E-state index in [4.69, 9.17) is 16.7 Å². The van der Waals surface area contributed by atoms with E-state index in [-0.39, 0.29) is 0 Å². The van der Waals surface area contributed by atoms with E-state index < -0.39 is 5.97 Å². The summed E-state index contributed by atoms with van der Waals surface area (Å²) in [5.74, 6) is -0.910. The van der Waals surface area contributed by atoms with Gasteiger partial charge in [0.1, 0.15) is 0 Å². The Morgan fingerprint density at radius 2 is 1.89 bits per heavy atom. The van der Waals surface area contributed by atoms with E-state index >= 15 is 0 Å². The molecule has 0 radical (unpaired) electrons. The van der Waals surface area contributed by atoms with Crippen LogP contribution in [0.4, 0.5) is 5.69 Å². The van der Waals surface area contributed by atoms with Gasteiger partial charge in [-0.3, -0.25) is 0 Å². The average Bonchev–Trinajstić information content (AvgIpc) is 2.38. The van der Waals surface area contributed by atoms with Gasteiger partial charge in [-0.1, -0.05) is 23.7 Å². The first-order valence-corrected chi connectivity index (χ1v) is 7.03. The van der Waals surface area contributed by atoms with Gasteiger partial charge in [0.15, 0.2) is 0 Å². The summed E-state index contributed by atoms with van der Waals surface area (Å²) in [5, 5.41) is 12.8.